The second kappa shape index (κ2) is 35.4. The predicted octanol–water partition coefficient (Wildman–Crippen LogP) is 1.50. The maximum absolute atomic E-state index is 9.37. The first kappa shape index (κ1) is 47.4. The summed E-state index contributed by atoms with van der Waals surface area (Å²) >= 11 is 0. The van der Waals surface area contributed by atoms with Crippen molar-refractivity contribution in [1.82, 2.24) is 15.0 Å². The number of hydrogen-bond donors (Lipinski definition) is 9. The van der Waals surface area contributed by atoms with Crippen LogP contribution in [0.25, 0.3) is 0 Å². The number of aliphatic carboxylic acids is 6. The summed E-state index contributed by atoms with van der Waals surface area (Å²) in [6.45, 7) is 9.60. The fourth-order valence-corrected chi connectivity index (χ4v) is 0.427. The van der Waals surface area contributed by atoms with E-state index in [0.717, 1.165) is 0 Å². The molecule has 0 saturated heterocycles. The van der Waals surface area contributed by atoms with E-state index in [1.165, 1.54) is 0 Å². The molecule has 1 aromatic rings. The average molecular weight is 571 g/mol. The van der Waals surface area contributed by atoms with Crippen LogP contribution in [0, 0.1) is 0 Å². The van der Waals surface area contributed by atoms with Gasteiger partial charge >= 0.3 is 35.8 Å². The van der Waals surface area contributed by atoms with Crippen LogP contribution < -0.4 is 17.2 Å². The van der Waals surface area contributed by atoms with Gasteiger partial charge in [-0.1, -0.05) is 41.5 Å². The molecule has 0 spiro atoms. The summed E-state index contributed by atoms with van der Waals surface area (Å²) in [7, 11) is 0. The van der Waals surface area contributed by atoms with Crippen molar-refractivity contribution in [3.8, 4) is 0 Å². The van der Waals surface area contributed by atoms with Crippen molar-refractivity contribution in [3.63, 3.8) is 0 Å². The van der Waals surface area contributed by atoms with E-state index < -0.39 is 35.8 Å². The van der Waals surface area contributed by atoms with E-state index in [-0.39, 0.29) is 56.4 Å². The van der Waals surface area contributed by atoms with Crippen molar-refractivity contribution in [2.24, 2.45) is 0 Å². The van der Waals surface area contributed by atoms with Gasteiger partial charge in [0.15, 0.2) is 0 Å². The summed E-state index contributed by atoms with van der Waals surface area (Å²) in [4.78, 5) is 66.7. The maximum Gasteiger partial charge on any atom is 0.303 e. The van der Waals surface area contributed by atoms with Gasteiger partial charge in [0, 0.05) is 38.5 Å². The third kappa shape index (κ3) is 87.6. The van der Waals surface area contributed by atoms with E-state index in [2.05, 4.69) is 15.0 Å². The first-order valence-electron chi connectivity index (χ1n) is 11.1. The molecule has 0 radical (unpaired) electrons. The van der Waals surface area contributed by atoms with Gasteiger partial charge in [0.25, 0.3) is 0 Å². The zero-order valence-electron chi connectivity index (χ0n) is 22.9. The Bertz CT molecular complexity index is 664. The highest BCUT2D eigenvalue weighted by Crippen LogP contribution is 1.97. The summed E-state index contributed by atoms with van der Waals surface area (Å²) in [5.41, 5.74) is 15.4. The molecule has 18 nitrogen and oxygen atoms in total. The summed E-state index contributed by atoms with van der Waals surface area (Å²) in [6, 6.07) is 0. The number of hydrogen-bond acceptors (Lipinski definition) is 12. The van der Waals surface area contributed by atoms with Gasteiger partial charge in [-0.3, -0.25) is 28.8 Å². The minimum absolute atomic E-state index is 0.0417. The van der Waals surface area contributed by atoms with Crippen LogP contribution in [0.1, 0.15) is 80.1 Å². The molecule has 0 aliphatic heterocycles. The van der Waals surface area contributed by atoms with Crippen LogP contribution in [0.3, 0.4) is 0 Å². The Morgan fingerprint density at radius 1 is 0.410 bits per heavy atom. The minimum Gasteiger partial charge on any atom is -0.481 e. The van der Waals surface area contributed by atoms with Crippen molar-refractivity contribution in [3.05, 3.63) is 0 Å². The molecule has 0 unspecified atom stereocenters. The molecular formula is C21H42N6O12. The largest absolute Gasteiger partial charge is 0.481 e. The van der Waals surface area contributed by atoms with E-state index in [9.17, 15) is 28.8 Å². The topological polar surface area (TPSA) is 341 Å². The lowest BCUT2D eigenvalue weighted by Crippen LogP contribution is -2.05. The molecule has 1 aromatic heterocycles. The van der Waals surface area contributed by atoms with E-state index in [0.29, 0.717) is 0 Å². The first-order valence-corrected chi connectivity index (χ1v) is 11.1. The Labute approximate surface area is 225 Å². The number of nitrogens with zero attached hydrogens (tertiary/aromatic N) is 3. The molecule has 0 atom stereocenters. The molecule has 0 aliphatic rings. The van der Waals surface area contributed by atoms with Gasteiger partial charge in [0.1, 0.15) is 0 Å². The van der Waals surface area contributed by atoms with Crippen LogP contribution in [0.2, 0.25) is 0 Å². The molecule has 0 aromatic carbocycles. The summed E-state index contributed by atoms with van der Waals surface area (Å²) in [5.74, 6) is -4.35. The highest BCUT2D eigenvalue weighted by atomic mass is 16.4. The van der Waals surface area contributed by atoms with Crippen LogP contribution in [-0.2, 0) is 28.8 Å². The fraction of sp³-hybridized carbons (Fsp3) is 0.571. The third-order valence-corrected chi connectivity index (χ3v) is 2.50. The summed E-state index contributed by atoms with van der Waals surface area (Å²) < 4.78 is 0. The van der Waals surface area contributed by atoms with Crippen molar-refractivity contribution >= 4 is 53.7 Å². The predicted molar refractivity (Wildman–Crippen MR) is 141 cm³/mol. The van der Waals surface area contributed by atoms with Crippen LogP contribution >= 0.6 is 0 Å². The lowest BCUT2D eigenvalue weighted by atomic mass is 10.5. The zero-order chi connectivity index (χ0) is 32.6. The van der Waals surface area contributed by atoms with Gasteiger partial charge in [0.2, 0.25) is 17.8 Å². The molecule has 228 valence electrons. The Morgan fingerprint density at radius 3 is 0.538 bits per heavy atom. The Kier molecular flexibility index (Phi) is 43.0. The van der Waals surface area contributed by atoms with Crippen LogP contribution in [0.4, 0.5) is 17.8 Å². The smallest absolute Gasteiger partial charge is 0.303 e. The van der Waals surface area contributed by atoms with Gasteiger partial charge in [-0.05, 0) is 0 Å². The Morgan fingerprint density at radius 2 is 0.487 bits per heavy atom. The molecule has 12 N–H and O–H groups in total. The van der Waals surface area contributed by atoms with Crippen molar-refractivity contribution in [2.75, 3.05) is 17.2 Å². The quantitative estimate of drug-likeness (QED) is 0.234. The molecule has 0 aliphatic carbocycles. The molecule has 0 fully saturated rings. The van der Waals surface area contributed by atoms with Crippen molar-refractivity contribution in [1.29, 1.82) is 0 Å². The molecular weight excluding hydrogens is 528 g/mol. The second-order valence-corrected chi connectivity index (χ2v) is 5.89. The van der Waals surface area contributed by atoms with E-state index in [4.69, 9.17) is 47.8 Å². The zero-order valence-corrected chi connectivity index (χ0v) is 22.9. The number of nitrogen functional groups attached to an aromatic ring is 3. The fourth-order valence-electron chi connectivity index (χ4n) is 0.427. The molecule has 1 heterocycles. The van der Waals surface area contributed by atoms with Gasteiger partial charge in [-0.15, -0.1) is 0 Å². The lowest BCUT2D eigenvalue weighted by molar-refractivity contribution is -0.137. The number of carboxylic acids is 6. The minimum atomic E-state index is -0.745. The number of aromatic nitrogens is 3. The van der Waals surface area contributed by atoms with Crippen molar-refractivity contribution < 1.29 is 59.4 Å². The standard InChI is InChI=1S/C3H6N6.6C3H6O2/c4-1-7-2(5)9-3(6)8-1;6*1-2-3(4)5/h(H6,4,5,6,7,8,9);6*2H2,1H3,(H,4,5). The van der Waals surface area contributed by atoms with Crippen LogP contribution in [0.5, 0.6) is 0 Å². The van der Waals surface area contributed by atoms with E-state index in [1.54, 1.807) is 41.5 Å². The first-order chi connectivity index (χ1) is 17.8. The van der Waals surface area contributed by atoms with Crippen LogP contribution in [0.15, 0.2) is 0 Å². The number of anilines is 3. The number of rotatable bonds is 6. The average Bonchev–Trinajstić information content (AvgIpc) is 2.85. The Hall–Kier alpha value is -4.77. The maximum atomic E-state index is 9.37. The highest BCUT2D eigenvalue weighted by molar-refractivity contribution is 5.67. The van der Waals surface area contributed by atoms with Crippen LogP contribution in [-0.4, -0.2) is 81.4 Å². The Balaban J connectivity index is -0.0000000830. The van der Waals surface area contributed by atoms with Gasteiger partial charge < -0.3 is 47.8 Å². The molecule has 0 amide bonds. The second-order valence-electron chi connectivity index (χ2n) is 5.89. The third-order valence-electron chi connectivity index (χ3n) is 2.50. The molecule has 0 bridgehead atoms. The number of carboxylic acid groups (broad SMARTS) is 6. The van der Waals surface area contributed by atoms with Gasteiger partial charge in [-0.25, -0.2) is 0 Å². The van der Waals surface area contributed by atoms with Gasteiger partial charge in [-0.2, -0.15) is 15.0 Å². The normalized spacial score (nSPS) is 7.85. The molecule has 39 heavy (non-hydrogen) atoms. The number of nitrogens with two attached hydrogens (primary N) is 3. The monoisotopic (exact) mass is 570 g/mol. The summed E-state index contributed by atoms with van der Waals surface area (Å²) in [6.07, 6.45) is 1.33. The van der Waals surface area contributed by atoms with Crippen molar-refractivity contribution in [2.45, 2.75) is 80.1 Å². The highest BCUT2D eigenvalue weighted by Gasteiger charge is 1.94. The van der Waals surface area contributed by atoms with E-state index in [1.807, 2.05) is 0 Å². The van der Waals surface area contributed by atoms with Gasteiger partial charge in [0.05, 0.1) is 0 Å². The van der Waals surface area contributed by atoms with E-state index >= 15 is 0 Å². The number of carbonyl (C=O) groups is 6. The molecule has 18 heteroatoms. The molecule has 0 saturated carbocycles. The molecule has 1 rings (SSSR count). The lowest BCUT2D eigenvalue weighted by Gasteiger charge is -1.93. The summed E-state index contributed by atoms with van der Waals surface area (Å²) in [5, 5.41) is 46.3. The SMILES string of the molecule is CCC(=O)O.CCC(=O)O.CCC(=O)O.CCC(=O)O.CCC(=O)O.CCC(=O)O.Nc1nc(N)nc(N)n1.